The summed E-state index contributed by atoms with van der Waals surface area (Å²) in [5.41, 5.74) is 5.65. The zero-order chi connectivity index (χ0) is 11.5. The van der Waals surface area contributed by atoms with Crippen molar-refractivity contribution in [3.63, 3.8) is 0 Å². The number of anilines is 1. The first-order valence-corrected chi connectivity index (χ1v) is 4.61. The molecule has 0 aliphatic carbocycles. The summed E-state index contributed by atoms with van der Waals surface area (Å²) in [7, 11) is 0. The molecule has 0 fully saturated rings. The first-order chi connectivity index (χ1) is 7.72. The normalized spacial score (nSPS) is 9.69. The first kappa shape index (κ1) is 9.99. The number of rotatable bonds is 1. The van der Waals surface area contributed by atoms with Gasteiger partial charge in [-0.2, -0.15) is 5.26 Å². The molecule has 0 bridgehead atoms. The minimum Gasteiger partial charge on any atom is -0.439 e. The van der Waals surface area contributed by atoms with Gasteiger partial charge in [0.25, 0.3) is 0 Å². The van der Waals surface area contributed by atoms with Crippen LogP contribution < -0.4 is 11.2 Å². The molecule has 2 N–H and O–H groups in total. The lowest BCUT2D eigenvalue weighted by molar-refractivity contribution is 0.584. The van der Waals surface area contributed by atoms with Crippen LogP contribution in [-0.2, 0) is 0 Å². The van der Waals surface area contributed by atoms with Gasteiger partial charge in [-0.25, -0.2) is 0 Å². The second-order valence-corrected chi connectivity index (χ2v) is 3.19. The molecule has 1 heterocycles. The average Bonchev–Trinajstić information content (AvgIpc) is 2.30. The van der Waals surface area contributed by atoms with Gasteiger partial charge in [0.1, 0.15) is 11.8 Å². The van der Waals surface area contributed by atoms with Gasteiger partial charge in [-0.3, -0.25) is 4.79 Å². The lowest BCUT2D eigenvalue weighted by Gasteiger charge is -2.02. The summed E-state index contributed by atoms with van der Waals surface area (Å²) in [4.78, 5) is 11.5. The van der Waals surface area contributed by atoms with Crippen molar-refractivity contribution in [3.8, 4) is 17.4 Å². The largest absolute Gasteiger partial charge is 0.439 e. The van der Waals surface area contributed by atoms with E-state index in [0.29, 0.717) is 5.76 Å². The van der Waals surface area contributed by atoms with Crippen molar-refractivity contribution in [1.82, 2.24) is 0 Å². The van der Waals surface area contributed by atoms with E-state index in [0.717, 1.165) is 5.56 Å². The maximum absolute atomic E-state index is 11.5. The minimum atomic E-state index is -0.426. The third-order valence-electron chi connectivity index (χ3n) is 2.15. The monoisotopic (exact) mass is 212 g/mol. The van der Waals surface area contributed by atoms with Crippen molar-refractivity contribution in [1.29, 1.82) is 5.26 Å². The van der Waals surface area contributed by atoms with Gasteiger partial charge in [0.2, 0.25) is 11.3 Å². The van der Waals surface area contributed by atoms with Crippen molar-refractivity contribution in [2.24, 2.45) is 0 Å². The van der Waals surface area contributed by atoms with Gasteiger partial charge in [-0.05, 0) is 0 Å². The van der Waals surface area contributed by atoms with E-state index < -0.39 is 5.43 Å². The lowest BCUT2D eigenvalue weighted by Crippen LogP contribution is -2.08. The Bertz CT molecular complexity index is 609. The molecule has 4 nitrogen and oxygen atoms in total. The summed E-state index contributed by atoms with van der Waals surface area (Å²) in [6.07, 6.45) is 0. The maximum atomic E-state index is 11.5. The molecule has 1 aromatic carbocycles. The molecule has 0 aliphatic rings. The molecular weight excluding hydrogens is 204 g/mol. The van der Waals surface area contributed by atoms with Crippen molar-refractivity contribution < 1.29 is 4.42 Å². The van der Waals surface area contributed by atoms with E-state index in [-0.39, 0.29) is 11.4 Å². The van der Waals surface area contributed by atoms with Gasteiger partial charge in [0.05, 0.1) is 0 Å². The molecule has 0 saturated heterocycles. The van der Waals surface area contributed by atoms with Gasteiger partial charge in [0, 0.05) is 11.6 Å². The first-order valence-electron chi connectivity index (χ1n) is 4.61. The minimum absolute atomic E-state index is 0.145. The Balaban J connectivity index is 2.63. The molecule has 0 atom stereocenters. The highest BCUT2D eigenvalue weighted by molar-refractivity contribution is 5.60. The summed E-state index contributed by atoms with van der Waals surface area (Å²) in [6.45, 7) is 0. The zero-order valence-electron chi connectivity index (χ0n) is 8.31. The quantitative estimate of drug-likeness (QED) is 0.781. The molecule has 0 spiro atoms. The van der Waals surface area contributed by atoms with E-state index in [1.54, 1.807) is 18.2 Å². The van der Waals surface area contributed by atoms with Crippen LogP contribution in [-0.4, -0.2) is 0 Å². The maximum Gasteiger partial charge on any atom is 0.212 e. The summed E-state index contributed by atoms with van der Waals surface area (Å²) >= 11 is 0. The Kier molecular flexibility index (Phi) is 2.44. The third kappa shape index (κ3) is 1.66. The van der Waals surface area contributed by atoms with Crippen LogP contribution in [0.15, 0.2) is 45.6 Å². The molecule has 0 radical (unpaired) electrons. The van der Waals surface area contributed by atoms with Crippen molar-refractivity contribution in [3.05, 3.63) is 52.2 Å². The molecule has 0 aliphatic heterocycles. The smallest absolute Gasteiger partial charge is 0.212 e. The van der Waals surface area contributed by atoms with Crippen LogP contribution in [0.1, 0.15) is 5.56 Å². The number of nitrogens with two attached hydrogens (primary N) is 1. The van der Waals surface area contributed by atoms with Gasteiger partial charge >= 0.3 is 0 Å². The summed E-state index contributed by atoms with van der Waals surface area (Å²) in [5, 5.41) is 8.67. The highest BCUT2D eigenvalue weighted by Gasteiger charge is 2.09. The van der Waals surface area contributed by atoms with Crippen LogP contribution in [0.3, 0.4) is 0 Å². The number of nitrogen functional groups attached to an aromatic ring is 1. The Labute approximate surface area is 91.6 Å². The van der Waals surface area contributed by atoms with E-state index in [1.807, 2.05) is 18.2 Å². The molecular formula is C12H8N2O2. The Morgan fingerprint density at radius 2 is 1.94 bits per heavy atom. The molecule has 0 saturated carbocycles. The van der Waals surface area contributed by atoms with Crippen LogP contribution in [0.2, 0.25) is 0 Å². The van der Waals surface area contributed by atoms with Crippen LogP contribution in [0, 0.1) is 11.3 Å². The van der Waals surface area contributed by atoms with Crippen LogP contribution in [0.5, 0.6) is 0 Å². The summed E-state index contributed by atoms with van der Waals surface area (Å²) in [5.74, 6) is 0.218. The molecule has 0 unspecified atom stereocenters. The molecule has 16 heavy (non-hydrogen) atoms. The van der Waals surface area contributed by atoms with Gasteiger partial charge in [-0.1, -0.05) is 30.3 Å². The number of benzene rings is 1. The topological polar surface area (TPSA) is 80.0 Å². The van der Waals surface area contributed by atoms with Gasteiger partial charge < -0.3 is 10.2 Å². The predicted molar refractivity (Wildman–Crippen MR) is 59.5 cm³/mol. The lowest BCUT2D eigenvalue weighted by atomic mass is 10.1. The van der Waals surface area contributed by atoms with Crippen molar-refractivity contribution in [2.75, 3.05) is 5.73 Å². The fraction of sp³-hybridized carbons (Fsp3) is 0. The second-order valence-electron chi connectivity index (χ2n) is 3.19. The zero-order valence-corrected chi connectivity index (χ0v) is 8.31. The summed E-state index contributed by atoms with van der Waals surface area (Å²) in [6, 6.07) is 12.1. The second kappa shape index (κ2) is 3.91. The predicted octanol–water partition coefficient (Wildman–Crippen LogP) is 1.76. The number of hydrogen-bond donors (Lipinski definition) is 1. The van der Waals surface area contributed by atoms with Crippen LogP contribution in [0.25, 0.3) is 11.3 Å². The number of hydrogen-bond acceptors (Lipinski definition) is 4. The van der Waals surface area contributed by atoms with E-state index >= 15 is 0 Å². The molecule has 2 rings (SSSR count). The van der Waals surface area contributed by atoms with E-state index in [2.05, 4.69) is 0 Å². The molecule has 1 aromatic heterocycles. The van der Waals surface area contributed by atoms with E-state index in [1.165, 1.54) is 6.07 Å². The fourth-order valence-corrected chi connectivity index (χ4v) is 1.37. The molecule has 4 heteroatoms. The van der Waals surface area contributed by atoms with Crippen molar-refractivity contribution >= 4 is 5.88 Å². The van der Waals surface area contributed by atoms with Gasteiger partial charge in [-0.15, -0.1) is 0 Å². The average molecular weight is 212 g/mol. The third-order valence-corrected chi connectivity index (χ3v) is 2.15. The van der Waals surface area contributed by atoms with E-state index in [4.69, 9.17) is 15.4 Å². The molecule has 0 amide bonds. The Morgan fingerprint density at radius 1 is 1.25 bits per heavy atom. The van der Waals surface area contributed by atoms with Crippen LogP contribution in [0.4, 0.5) is 5.88 Å². The summed E-state index contributed by atoms with van der Waals surface area (Å²) < 4.78 is 5.22. The fourth-order valence-electron chi connectivity index (χ4n) is 1.37. The molecule has 78 valence electrons. The Hall–Kier alpha value is -2.54. The Morgan fingerprint density at radius 3 is 2.50 bits per heavy atom. The number of nitriles is 1. The SMILES string of the molecule is N#Cc1c(N)oc(-c2ccccc2)cc1=O. The highest BCUT2D eigenvalue weighted by Crippen LogP contribution is 2.20. The van der Waals surface area contributed by atoms with Crippen molar-refractivity contribution in [2.45, 2.75) is 0 Å². The number of nitrogens with zero attached hydrogens (tertiary/aromatic N) is 1. The molecule has 2 aromatic rings. The van der Waals surface area contributed by atoms with Gasteiger partial charge in [0.15, 0.2) is 5.56 Å². The van der Waals surface area contributed by atoms with E-state index in [9.17, 15) is 4.79 Å². The highest BCUT2D eigenvalue weighted by atomic mass is 16.3. The standard InChI is InChI=1S/C12H8N2O2/c13-7-9-10(15)6-11(16-12(9)14)8-4-2-1-3-5-8/h1-6H,14H2. The van der Waals surface area contributed by atoms with Crippen LogP contribution >= 0.6 is 0 Å².